The first-order valence-electron chi connectivity index (χ1n) is 8.15. The van der Waals surface area contributed by atoms with Crippen LogP contribution in [-0.4, -0.2) is 31.1 Å². The van der Waals surface area contributed by atoms with Crippen molar-refractivity contribution in [2.45, 2.75) is 31.1 Å². The number of fused-ring (bicyclic) bond motifs is 3. The van der Waals surface area contributed by atoms with E-state index in [0.717, 1.165) is 5.56 Å². The molecule has 2 aromatic carbocycles. The van der Waals surface area contributed by atoms with E-state index >= 15 is 0 Å². The molecule has 0 unspecified atom stereocenters. The molecule has 2 aromatic rings. The molecule has 0 atom stereocenters. The van der Waals surface area contributed by atoms with E-state index in [-0.39, 0.29) is 16.0 Å². The predicted octanol–water partition coefficient (Wildman–Crippen LogP) is 2.65. The number of ether oxygens (including phenoxy) is 1. The summed E-state index contributed by atoms with van der Waals surface area (Å²) in [5.41, 5.74) is 1.21. The molecule has 134 valence electrons. The van der Waals surface area contributed by atoms with Gasteiger partial charge in [0, 0.05) is 11.0 Å². The average molecular weight is 371 g/mol. The Labute approximate surface area is 151 Å². The molecule has 0 N–H and O–H groups in total. The topological polar surface area (TPSA) is 80.8 Å². The van der Waals surface area contributed by atoms with Crippen LogP contribution in [0.5, 0.6) is 5.75 Å². The number of sulfonamides is 1. The Balaban J connectivity index is 1.88. The summed E-state index contributed by atoms with van der Waals surface area (Å²) in [6.45, 7) is 5.98. The number of rotatable bonds is 2. The van der Waals surface area contributed by atoms with Crippen LogP contribution >= 0.6 is 0 Å². The molecule has 0 saturated carbocycles. The second-order valence-corrected chi connectivity index (χ2v) is 9.01. The zero-order valence-electron chi connectivity index (χ0n) is 14.6. The zero-order chi connectivity index (χ0) is 18.9. The molecule has 2 amide bonds. The van der Waals surface area contributed by atoms with Crippen LogP contribution in [0.2, 0.25) is 0 Å². The minimum Gasteiger partial charge on any atom is -0.492 e. The van der Waals surface area contributed by atoms with Gasteiger partial charge in [0.2, 0.25) is 0 Å². The van der Waals surface area contributed by atoms with E-state index in [9.17, 15) is 18.0 Å². The lowest BCUT2D eigenvalue weighted by Crippen LogP contribution is -2.36. The van der Waals surface area contributed by atoms with Crippen LogP contribution in [0.25, 0.3) is 0 Å². The highest BCUT2D eigenvalue weighted by atomic mass is 32.2. The maximum Gasteiger partial charge on any atom is 0.276 e. The number of carbonyl (C=O) groups excluding carboxylic acids is 2. The molecule has 0 radical (unpaired) electrons. The Morgan fingerprint density at radius 2 is 1.65 bits per heavy atom. The van der Waals surface area contributed by atoms with Crippen molar-refractivity contribution in [1.82, 2.24) is 4.31 Å². The van der Waals surface area contributed by atoms with Gasteiger partial charge < -0.3 is 4.74 Å². The SMILES string of the molecule is Cc1ccc(S(=O)(=O)N2C(=O)c3ccc4c(c3C2=O)C(C)(C)CO4)cc1. The average Bonchev–Trinajstić information content (AvgIpc) is 3.02. The first-order chi connectivity index (χ1) is 12.1. The third-order valence-corrected chi connectivity index (χ3v) is 6.49. The van der Waals surface area contributed by atoms with Crippen LogP contribution in [0.4, 0.5) is 0 Å². The first-order valence-corrected chi connectivity index (χ1v) is 9.59. The summed E-state index contributed by atoms with van der Waals surface area (Å²) in [5.74, 6) is -1.12. The molecule has 7 heteroatoms. The van der Waals surface area contributed by atoms with Crippen molar-refractivity contribution in [3.8, 4) is 5.75 Å². The lowest BCUT2D eigenvalue weighted by molar-refractivity contribution is 0.0764. The summed E-state index contributed by atoms with van der Waals surface area (Å²) in [6.07, 6.45) is 0. The molecule has 0 aliphatic carbocycles. The van der Waals surface area contributed by atoms with Crippen molar-refractivity contribution in [3.63, 3.8) is 0 Å². The van der Waals surface area contributed by atoms with E-state index < -0.39 is 27.3 Å². The summed E-state index contributed by atoms with van der Waals surface area (Å²) >= 11 is 0. The van der Waals surface area contributed by atoms with Crippen molar-refractivity contribution >= 4 is 21.8 Å². The Morgan fingerprint density at radius 3 is 2.31 bits per heavy atom. The maximum absolute atomic E-state index is 13.0. The van der Waals surface area contributed by atoms with E-state index in [0.29, 0.717) is 22.2 Å². The van der Waals surface area contributed by atoms with E-state index in [1.807, 2.05) is 20.8 Å². The Bertz CT molecular complexity index is 1070. The van der Waals surface area contributed by atoms with Crippen LogP contribution in [0.3, 0.4) is 0 Å². The van der Waals surface area contributed by atoms with Gasteiger partial charge >= 0.3 is 0 Å². The Morgan fingerprint density at radius 1 is 1.00 bits per heavy atom. The standard InChI is InChI=1S/C19H17NO5S/c1-11-4-6-12(7-5-11)26(23,24)20-17(21)13-8-9-14-16(15(13)18(20)22)19(2,3)10-25-14/h4-9H,10H2,1-3H3. The molecule has 0 aromatic heterocycles. The lowest BCUT2D eigenvalue weighted by Gasteiger charge is -2.18. The van der Waals surface area contributed by atoms with Crippen LogP contribution in [0, 0.1) is 6.92 Å². The van der Waals surface area contributed by atoms with E-state index in [1.54, 1.807) is 18.2 Å². The summed E-state index contributed by atoms with van der Waals surface area (Å²) in [5, 5.41) is 0. The van der Waals surface area contributed by atoms with Crippen LogP contribution in [0.15, 0.2) is 41.3 Å². The summed E-state index contributed by atoms with van der Waals surface area (Å²) < 4.78 is 31.9. The molecule has 0 bridgehead atoms. The van der Waals surface area contributed by atoms with E-state index in [1.165, 1.54) is 18.2 Å². The quantitative estimate of drug-likeness (QED) is 0.758. The molecule has 0 saturated heterocycles. The summed E-state index contributed by atoms with van der Waals surface area (Å²) in [4.78, 5) is 25.7. The van der Waals surface area contributed by atoms with Gasteiger partial charge in [-0.2, -0.15) is 4.31 Å². The van der Waals surface area contributed by atoms with E-state index in [2.05, 4.69) is 0 Å². The second-order valence-electron chi connectivity index (χ2n) is 7.23. The molecule has 2 heterocycles. The van der Waals surface area contributed by atoms with Crippen molar-refractivity contribution in [2.24, 2.45) is 0 Å². The van der Waals surface area contributed by atoms with Crippen molar-refractivity contribution in [1.29, 1.82) is 0 Å². The van der Waals surface area contributed by atoms with Gasteiger partial charge in [-0.3, -0.25) is 9.59 Å². The second kappa shape index (κ2) is 5.17. The van der Waals surface area contributed by atoms with Crippen molar-refractivity contribution < 1.29 is 22.7 Å². The fourth-order valence-corrected chi connectivity index (χ4v) is 4.76. The van der Waals surface area contributed by atoms with Gasteiger partial charge in [0.15, 0.2) is 0 Å². The maximum atomic E-state index is 13.0. The molecule has 0 fully saturated rings. The van der Waals surface area contributed by atoms with Crippen molar-refractivity contribution in [2.75, 3.05) is 6.61 Å². The number of hydrogen-bond acceptors (Lipinski definition) is 5. The van der Waals surface area contributed by atoms with Gasteiger partial charge in [-0.05, 0) is 31.2 Å². The number of carbonyl (C=O) groups is 2. The summed E-state index contributed by atoms with van der Waals surface area (Å²) in [7, 11) is -4.28. The molecule has 4 rings (SSSR count). The highest BCUT2D eigenvalue weighted by molar-refractivity contribution is 7.90. The minimum atomic E-state index is -4.28. The minimum absolute atomic E-state index is 0.0928. The van der Waals surface area contributed by atoms with Crippen LogP contribution in [0.1, 0.15) is 45.7 Å². The Hall–Kier alpha value is -2.67. The molecule has 6 nitrogen and oxygen atoms in total. The molecule has 26 heavy (non-hydrogen) atoms. The first kappa shape index (κ1) is 16.8. The lowest BCUT2D eigenvalue weighted by atomic mass is 9.82. The number of hydrogen-bond donors (Lipinski definition) is 0. The number of nitrogens with zero attached hydrogens (tertiary/aromatic N) is 1. The third kappa shape index (κ3) is 2.13. The number of benzene rings is 2. The fraction of sp³-hybridized carbons (Fsp3) is 0.263. The molecule has 2 aliphatic heterocycles. The number of aryl methyl sites for hydroxylation is 1. The number of imide groups is 1. The molecular formula is C19H17NO5S. The van der Waals surface area contributed by atoms with Gasteiger partial charge in [0.1, 0.15) is 5.75 Å². The fourth-order valence-electron chi connectivity index (χ4n) is 3.44. The zero-order valence-corrected chi connectivity index (χ0v) is 15.4. The van der Waals surface area contributed by atoms with Gasteiger partial charge in [-0.25, -0.2) is 8.42 Å². The summed E-state index contributed by atoms with van der Waals surface area (Å²) in [6, 6.07) is 9.12. The van der Waals surface area contributed by atoms with E-state index in [4.69, 9.17) is 4.74 Å². The van der Waals surface area contributed by atoms with Crippen LogP contribution < -0.4 is 4.74 Å². The Kier molecular flexibility index (Phi) is 3.34. The predicted molar refractivity (Wildman–Crippen MR) is 93.8 cm³/mol. The molecule has 2 aliphatic rings. The number of amides is 2. The molecular weight excluding hydrogens is 354 g/mol. The highest BCUT2D eigenvalue weighted by Gasteiger charge is 2.49. The van der Waals surface area contributed by atoms with Gasteiger partial charge in [-0.1, -0.05) is 31.5 Å². The molecule has 0 spiro atoms. The monoisotopic (exact) mass is 371 g/mol. The smallest absolute Gasteiger partial charge is 0.276 e. The van der Waals surface area contributed by atoms with Gasteiger partial charge in [0.05, 0.1) is 22.6 Å². The third-order valence-electron chi connectivity index (χ3n) is 4.80. The largest absolute Gasteiger partial charge is 0.492 e. The normalized spacial score (nSPS) is 17.9. The van der Waals surface area contributed by atoms with Gasteiger partial charge in [0.25, 0.3) is 21.8 Å². The van der Waals surface area contributed by atoms with Crippen LogP contribution in [-0.2, 0) is 15.4 Å². The van der Waals surface area contributed by atoms with Crippen molar-refractivity contribution in [3.05, 3.63) is 58.7 Å². The van der Waals surface area contributed by atoms with Gasteiger partial charge in [-0.15, -0.1) is 0 Å². The highest BCUT2D eigenvalue weighted by Crippen LogP contribution is 2.45.